The Morgan fingerprint density at radius 3 is 2.24 bits per heavy atom. The van der Waals surface area contributed by atoms with Crippen molar-refractivity contribution in [2.24, 2.45) is 0 Å². The second-order valence-electron chi connectivity index (χ2n) is 5.16. The third-order valence-corrected chi connectivity index (χ3v) is 3.22. The summed E-state index contributed by atoms with van der Waals surface area (Å²) in [4.78, 5) is 0. The van der Waals surface area contributed by atoms with E-state index in [9.17, 15) is 8.78 Å². The van der Waals surface area contributed by atoms with Crippen LogP contribution in [0.3, 0.4) is 0 Å². The molecule has 21 heavy (non-hydrogen) atoms. The molecule has 2 nitrogen and oxygen atoms in total. The van der Waals surface area contributed by atoms with Crippen LogP contribution in [0.25, 0.3) is 0 Å². The summed E-state index contributed by atoms with van der Waals surface area (Å²) in [6.07, 6.45) is 0. The Morgan fingerprint density at radius 2 is 1.62 bits per heavy atom. The second kappa shape index (κ2) is 6.57. The maximum atomic E-state index is 12.4. The van der Waals surface area contributed by atoms with Crippen molar-refractivity contribution in [2.45, 2.75) is 33.4 Å². The van der Waals surface area contributed by atoms with Gasteiger partial charge in [-0.15, -0.1) is 0 Å². The lowest BCUT2D eigenvalue weighted by Gasteiger charge is -2.19. The molecule has 1 unspecified atom stereocenters. The van der Waals surface area contributed by atoms with Gasteiger partial charge in [0.15, 0.2) is 0 Å². The lowest BCUT2D eigenvalue weighted by Crippen LogP contribution is -2.10. The molecular formula is C17H19F2NO. The number of halogens is 2. The molecule has 2 rings (SSSR count). The molecule has 0 aromatic heterocycles. The average molecular weight is 291 g/mol. The van der Waals surface area contributed by atoms with E-state index in [4.69, 9.17) is 0 Å². The number of anilines is 1. The molecule has 2 aromatic rings. The highest BCUT2D eigenvalue weighted by Crippen LogP contribution is 2.29. The molecule has 0 spiro atoms. The highest BCUT2D eigenvalue weighted by Gasteiger charge is 2.12. The molecule has 0 aliphatic rings. The van der Waals surface area contributed by atoms with Crippen LogP contribution in [0.4, 0.5) is 14.5 Å². The molecule has 0 heterocycles. The summed E-state index contributed by atoms with van der Waals surface area (Å²) in [7, 11) is 0. The van der Waals surface area contributed by atoms with Crippen LogP contribution in [0.15, 0.2) is 42.5 Å². The number of hydrogen-bond donors (Lipinski definition) is 1. The van der Waals surface area contributed by atoms with Gasteiger partial charge in [0, 0.05) is 6.04 Å². The topological polar surface area (TPSA) is 21.3 Å². The number of benzene rings is 2. The molecule has 0 fully saturated rings. The van der Waals surface area contributed by atoms with E-state index in [2.05, 4.69) is 28.3 Å². The number of para-hydroxylation sites is 2. The molecule has 0 saturated heterocycles. The lowest BCUT2D eigenvalue weighted by molar-refractivity contribution is -0.0493. The zero-order valence-electron chi connectivity index (χ0n) is 12.4. The van der Waals surface area contributed by atoms with E-state index in [-0.39, 0.29) is 11.8 Å². The van der Waals surface area contributed by atoms with Gasteiger partial charge in [0.2, 0.25) is 0 Å². The quantitative estimate of drug-likeness (QED) is 0.829. The number of hydrogen-bond acceptors (Lipinski definition) is 2. The van der Waals surface area contributed by atoms with Crippen LogP contribution in [0.5, 0.6) is 5.75 Å². The van der Waals surface area contributed by atoms with Crippen molar-refractivity contribution in [1.29, 1.82) is 0 Å². The highest BCUT2D eigenvalue weighted by molar-refractivity contribution is 5.57. The zero-order valence-corrected chi connectivity index (χ0v) is 12.4. The van der Waals surface area contributed by atoms with Crippen LogP contribution in [0, 0.1) is 13.8 Å². The number of nitrogens with one attached hydrogen (secondary N) is 1. The molecule has 0 saturated carbocycles. The van der Waals surface area contributed by atoms with Crippen molar-refractivity contribution in [1.82, 2.24) is 0 Å². The van der Waals surface area contributed by atoms with E-state index >= 15 is 0 Å². The fraction of sp³-hybridized carbons (Fsp3) is 0.294. The van der Waals surface area contributed by atoms with Gasteiger partial charge in [-0.05, 0) is 38.5 Å². The second-order valence-corrected chi connectivity index (χ2v) is 5.16. The minimum Gasteiger partial charge on any atom is -0.433 e. The van der Waals surface area contributed by atoms with Gasteiger partial charge in [0.1, 0.15) is 5.75 Å². The summed E-state index contributed by atoms with van der Waals surface area (Å²) >= 11 is 0. The molecule has 0 aliphatic carbocycles. The Balaban J connectivity index is 2.21. The molecule has 1 N–H and O–H groups in total. The average Bonchev–Trinajstić information content (AvgIpc) is 2.39. The molecule has 1 atom stereocenters. The van der Waals surface area contributed by atoms with Crippen LogP contribution >= 0.6 is 0 Å². The van der Waals surface area contributed by atoms with E-state index in [1.54, 1.807) is 18.2 Å². The van der Waals surface area contributed by atoms with Crippen molar-refractivity contribution < 1.29 is 13.5 Å². The monoisotopic (exact) mass is 291 g/mol. The summed E-state index contributed by atoms with van der Waals surface area (Å²) < 4.78 is 29.4. The Kier molecular flexibility index (Phi) is 4.78. The Morgan fingerprint density at radius 1 is 1.00 bits per heavy atom. The van der Waals surface area contributed by atoms with Crippen molar-refractivity contribution in [2.75, 3.05) is 5.32 Å². The number of rotatable bonds is 5. The standard InChI is InChI=1S/C17H19F2NO/c1-11-8-12(2)10-14(9-11)13(3)20-15-6-4-5-7-16(15)21-17(18)19/h4-10,13,17,20H,1-3H3. The minimum absolute atomic E-state index is 0.00831. The Bertz CT molecular complexity index is 593. The molecule has 0 aliphatic heterocycles. The summed E-state index contributed by atoms with van der Waals surface area (Å²) in [6, 6.07) is 13.0. The SMILES string of the molecule is Cc1cc(C)cc(C(C)Nc2ccccc2OC(F)F)c1. The van der Waals surface area contributed by atoms with Gasteiger partial charge in [0.05, 0.1) is 5.69 Å². The summed E-state index contributed by atoms with van der Waals surface area (Å²) in [5.74, 6) is 0.156. The van der Waals surface area contributed by atoms with Gasteiger partial charge in [-0.2, -0.15) is 8.78 Å². The largest absolute Gasteiger partial charge is 0.433 e. The molecule has 0 radical (unpaired) electrons. The number of alkyl halides is 2. The van der Waals surface area contributed by atoms with Crippen LogP contribution in [-0.4, -0.2) is 6.61 Å². The van der Waals surface area contributed by atoms with E-state index in [1.807, 2.05) is 20.8 Å². The van der Waals surface area contributed by atoms with Crippen LogP contribution in [-0.2, 0) is 0 Å². The van der Waals surface area contributed by atoms with Crippen molar-refractivity contribution in [3.63, 3.8) is 0 Å². The van der Waals surface area contributed by atoms with Crippen LogP contribution in [0.1, 0.15) is 29.7 Å². The third kappa shape index (κ3) is 4.18. The first-order valence-corrected chi connectivity index (χ1v) is 6.84. The summed E-state index contributed by atoms with van der Waals surface area (Å²) in [5.41, 5.74) is 4.02. The van der Waals surface area contributed by atoms with Gasteiger partial charge >= 0.3 is 6.61 Å². The van der Waals surface area contributed by atoms with E-state index in [0.29, 0.717) is 5.69 Å². The zero-order chi connectivity index (χ0) is 15.4. The van der Waals surface area contributed by atoms with Gasteiger partial charge in [0.25, 0.3) is 0 Å². The van der Waals surface area contributed by atoms with Gasteiger partial charge in [-0.25, -0.2) is 0 Å². The predicted octanol–water partition coefficient (Wildman–Crippen LogP) is 5.08. The fourth-order valence-corrected chi connectivity index (χ4v) is 2.36. The molecule has 4 heteroatoms. The van der Waals surface area contributed by atoms with Crippen LogP contribution in [0.2, 0.25) is 0 Å². The Hall–Kier alpha value is -2.10. The van der Waals surface area contributed by atoms with Crippen molar-refractivity contribution in [3.8, 4) is 5.75 Å². The first-order chi connectivity index (χ1) is 9.95. The van der Waals surface area contributed by atoms with Crippen LogP contribution < -0.4 is 10.1 Å². The fourth-order valence-electron chi connectivity index (χ4n) is 2.36. The van der Waals surface area contributed by atoms with Crippen molar-refractivity contribution in [3.05, 3.63) is 59.2 Å². The summed E-state index contributed by atoms with van der Waals surface area (Å²) in [6.45, 7) is 3.24. The highest BCUT2D eigenvalue weighted by atomic mass is 19.3. The minimum atomic E-state index is -2.83. The predicted molar refractivity (Wildman–Crippen MR) is 81.0 cm³/mol. The third-order valence-electron chi connectivity index (χ3n) is 3.22. The molecule has 2 aromatic carbocycles. The molecule has 112 valence electrons. The normalized spacial score (nSPS) is 12.3. The van der Waals surface area contributed by atoms with Gasteiger partial charge < -0.3 is 10.1 Å². The van der Waals surface area contributed by atoms with E-state index in [1.165, 1.54) is 17.2 Å². The maximum Gasteiger partial charge on any atom is 0.387 e. The lowest BCUT2D eigenvalue weighted by atomic mass is 10.0. The Labute approximate surface area is 123 Å². The first-order valence-electron chi connectivity index (χ1n) is 6.84. The van der Waals surface area contributed by atoms with E-state index < -0.39 is 6.61 Å². The van der Waals surface area contributed by atoms with Gasteiger partial charge in [-0.1, -0.05) is 41.5 Å². The molecular weight excluding hydrogens is 272 g/mol. The first kappa shape index (κ1) is 15.3. The van der Waals surface area contributed by atoms with E-state index in [0.717, 1.165) is 5.56 Å². The smallest absolute Gasteiger partial charge is 0.387 e. The number of ether oxygens (including phenoxy) is 1. The molecule has 0 bridgehead atoms. The molecule has 0 amide bonds. The number of aryl methyl sites for hydroxylation is 2. The van der Waals surface area contributed by atoms with Crippen molar-refractivity contribution >= 4 is 5.69 Å². The van der Waals surface area contributed by atoms with Gasteiger partial charge in [-0.3, -0.25) is 0 Å². The summed E-state index contributed by atoms with van der Waals surface area (Å²) in [5, 5.41) is 3.23. The maximum absolute atomic E-state index is 12.4.